The number of ether oxygens (including phenoxy) is 1. The summed E-state index contributed by atoms with van der Waals surface area (Å²) in [5, 5.41) is 1.07. The third kappa shape index (κ3) is 2.13. The lowest BCUT2D eigenvalue weighted by molar-refractivity contribution is -0.116. The fourth-order valence-corrected chi connectivity index (χ4v) is 2.46. The number of aromatic nitrogens is 1. The van der Waals surface area contributed by atoms with Gasteiger partial charge in [-0.1, -0.05) is 6.07 Å². The van der Waals surface area contributed by atoms with E-state index in [1.807, 2.05) is 12.1 Å². The molecule has 0 amide bonds. The predicted octanol–water partition coefficient (Wildman–Crippen LogP) is 3.36. The Kier molecular flexibility index (Phi) is 3.41. The van der Waals surface area contributed by atoms with Crippen molar-refractivity contribution in [3.8, 4) is 5.75 Å². The van der Waals surface area contributed by atoms with E-state index in [4.69, 9.17) is 4.74 Å². The van der Waals surface area contributed by atoms with E-state index in [-0.39, 0.29) is 5.78 Å². The minimum Gasteiger partial charge on any atom is -0.496 e. The Labute approximate surface area is 107 Å². The minimum absolute atomic E-state index is 0.179. The molecule has 18 heavy (non-hydrogen) atoms. The number of Topliss-reactive ketones (excluding diaryl/α,β-unsaturated/α-hetero) is 1. The molecule has 96 valence electrons. The normalized spacial score (nSPS) is 11.2. The van der Waals surface area contributed by atoms with Crippen LogP contribution in [-0.2, 0) is 11.2 Å². The second kappa shape index (κ2) is 4.84. The molecule has 3 nitrogen and oxygen atoms in total. The van der Waals surface area contributed by atoms with Gasteiger partial charge in [-0.3, -0.25) is 4.79 Å². The van der Waals surface area contributed by atoms with Crippen LogP contribution in [0.2, 0.25) is 0 Å². The monoisotopic (exact) mass is 245 g/mol. The second-order valence-electron chi connectivity index (χ2n) is 4.87. The molecule has 2 aromatic rings. The van der Waals surface area contributed by atoms with E-state index in [9.17, 15) is 4.79 Å². The van der Waals surface area contributed by atoms with E-state index >= 15 is 0 Å². The van der Waals surface area contributed by atoms with Gasteiger partial charge in [-0.2, -0.15) is 0 Å². The molecule has 0 radical (unpaired) electrons. The van der Waals surface area contributed by atoms with E-state index in [0.29, 0.717) is 12.5 Å². The van der Waals surface area contributed by atoms with E-state index in [1.165, 1.54) is 0 Å². The summed E-state index contributed by atoms with van der Waals surface area (Å²) >= 11 is 0. The Bertz CT molecular complexity index is 581. The lowest BCUT2D eigenvalue weighted by atomic mass is 10.2. The number of hydrogen-bond acceptors (Lipinski definition) is 2. The first kappa shape index (κ1) is 12.7. The number of ketones is 1. The number of fused-ring (bicyclic) bond motifs is 1. The summed E-state index contributed by atoms with van der Waals surface area (Å²) in [5.74, 6) is 1.04. The van der Waals surface area contributed by atoms with E-state index in [0.717, 1.165) is 22.3 Å². The smallest absolute Gasteiger partial charge is 0.135 e. The third-order valence-corrected chi connectivity index (χ3v) is 3.09. The molecule has 0 bridgehead atoms. The molecular formula is C15H19NO2. The number of carbonyl (C=O) groups excluding carboxylic acids is 1. The SMILES string of the molecule is COc1cccc2c1cc(CC(C)=O)n2C(C)C. The summed E-state index contributed by atoms with van der Waals surface area (Å²) in [5.41, 5.74) is 2.18. The number of rotatable bonds is 4. The molecule has 0 saturated carbocycles. The van der Waals surface area contributed by atoms with Crippen LogP contribution in [0.25, 0.3) is 10.9 Å². The maximum absolute atomic E-state index is 11.4. The molecule has 0 atom stereocenters. The van der Waals surface area contributed by atoms with E-state index < -0.39 is 0 Å². The summed E-state index contributed by atoms with van der Waals surface area (Å²) in [4.78, 5) is 11.4. The zero-order valence-corrected chi connectivity index (χ0v) is 11.4. The first-order chi connectivity index (χ1) is 8.54. The van der Waals surface area contributed by atoms with Crippen LogP contribution in [0.4, 0.5) is 0 Å². The Morgan fingerprint density at radius 2 is 2.11 bits per heavy atom. The molecule has 1 aromatic heterocycles. The fraction of sp³-hybridized carbons (Fsp3) is 0.400. The van der Waals surface area contributed by atoms with Crippen LogP contribution in [0.15, 0.2) is 24.3 Å². The topological polar surface area (TPSA) is 31.2 Å². The van der Waals surface area contributed by atoms with Crippen LogP contribution in [0, 0.1) is 0 Å². The van der Waals surface area contributed by atoms with Crippen molar-refractivity contribution in [1.82, 2.24) is 4.57 Å². The third-order valence-electron chi connectivity index (χ3n) is 3.09. The van der Waals surface area contributed by atoms with Crippen molar-refractivity contribution >= 4 is 16.7 Å². The second-order valence-corrected chi connectivity index (χ2v) is 4.87. The summed E-state index contributed by atoms with van der Waals surface area (Å²) < 4.78 is 7.59. The Balaban J connectivity index is 2.70. The first-order valence-electron chi connectivity index (χ1n) is 6.21. The molecule has 0 unspecified atom stereocenters. The van der Waals surface area contributed by atoms with Crippen molar-refractivity contribution in [3.63, 3.8) is 0 Å². The largest absolute Gasteiger partial charge is 0.496 e. The summed E-state index contributed by atoms with van der Waals surface area (Å²) in [6, 6.07) is 8.39. The molecule has 0 N–H and O–H groups in total. The molecular weight excluding hydrogens is 226 g/mol. The van der Waals surface area contributed by atoms with Gasteiger partial charge in [0, 0.05) is 23.5 Å². The molecule has 0 spiro atoms. The molecule has 1 aromatic carbocycles. The van der Waals surface area contributed by atoms with Gasteiger partial charge in [0.1, 0.15) is 11.5 Å². The highest BCUT2D eigenvalue weighted by molar-refractivity contribution is 5.89. The Hall–Kier alpha value is -1.77. The molecule has 0 aliphatic carbocycles. The van der Waals surface area contributed by atoms with Gasteiger partial charge in [-0.15, -0.1) is 0 Å². The zero-order chi connectivity index (χ0) is 13.3. The number of nitrogens with zero attached hydrogens (tertiary/aromatic N) is 1. The lowest BCUT2D eigenvalue weighted by Crippen LogP contribution is -2.08. The average Bonchev–Trinajstić information content (AvgIpc) is 2.65. The van der Waals surface area contributed by atoms with Crippen molar-refractivity contribution < 1.29 is 9.53 Å². The molecule has 0 fully saturated rings. The highest BCUT2D eigenvalue weighted by Crippen LogP contribution is 2.31. The Morgan fingerprint density at radius 3 is 2.67 bits per heavy atom. The van der Waals surface area contributed by atoms with Crippen molar-refractivity contribution in [2.45, 2.75) is 33.2 Å². The molecule has 0 saturated heterocycles. The highest BCUT2D eigenvalue weighted by atomic mass is 16.5. The maximum atomic E-state index is 11.4. The Morgan fingerprint density at radius 1 is 1.39 bits per heavy atom. The molecule has 0 aliphatic rings. The van der Waals surface area contributed by atoms with Crippen LogP contribution in [0.3, 0.4) is 0 Å². The molecule has 3 heteroatoms. The molecule has 2 rings (SSSR count). The van der Waals surface area contributed by atoms with E-state index in [2.05, 4.69) is 30.5 Å². The minimum atomic E-state index is 0.179. The van der Waals surface area contributed by atoms with Crippen molar-refractivity contribution in [2.75, 3.05) is 7.11 Å². The predicted molar refractivity (Wildman–Crippen MR) is 73.3 cm³/mol. The lowest BCUT2D eigenvalue weighted by Gasteiger charge is -2.14. The maximum Gasteiger partial charge on any atom is 0.135 e. The number of methoxy groups -OCH3 is 1. The van der Waals surface area contributed by atoms with Crippen LogP contribution in [0.5, 0.6) is 5.75 Å². The average molecular weight is 245 g/mol. The molecule has 1 heterocycles. The summed E-state index contributed by atoms with van der Waals surface area (Å²) in [6.07, 6.45) is 0.468. The van der Waals surface area contributed by atoms with Crippen LogP contribution in [-0.4, -0.2) is 17.5 Å². The van der Waals surface area contributed by atoms with Crippen molar-refractivity contribution in [3.05, 3.63) is 30.0 Å². The van der Waals surface area contributed by atoms with Crippen molar-refractivity contribution in [2.24, 2.45) is 0 Å². The summed E-state index contributed by atoms with van der Waals surface area (Å²) in [6.45, 7) is 5.88. The van der Waals surface area contributed by atoms with Gasteiger partial charge < -0.3 is 9.30 Å². The number of hydrogen-bond donors (Lipinski definition) is 0. The van der Waals surface area contributed by atoms with Gasteiger partial charge in [-0.05, 0) is 39.0 Å². The van der Waals surface area contributed by atoms with E-state index in [1.54, 1.807) is 14.0 Å². The van der Waals surface area contributed by atoms with Gasteiger partial charge in [0.05, 0.1) is 12.6 Å². The van der Waals surface area contributed by atoms with Crippen molar-refractivity contribution in [1.29, 1.82) is 0 Å². The van der Waals surface area contributed by atoms with Crippen LogP contribution < -0.4 is 4.74 Å². The van der Waals surface area contributed by atoms with Gasteiger partial charge in [0.25, 0.3) is 0 Å². The standard InChI is InChI=1S/C15H19NO2/c1-10(2)16-12(8-11(3)17)9-13-14(16)6-5-7-15(13)18-4/h5-7,9-10H,8H2,1-4H3. The van der Waals surface area contributed by atoms with Gasteiger partial charge in [0.15, 0.2) is 0 Å². The number of benzene rings is 1. The van der Waals surface area contributed by atoms with Gasteiger partial charge in [-0.25, -0.2) is 0 Å². The van der Waals surface area contributed by atoms with Crippen LogP contribution in [0.1, 0.15) is 32.5 Å². The quantitative estimate of drug-likeness (QED) is 0.827. The summed E-state index contributed by atoms with van der Waals surface area (Å²) in [7, 11) is 1.67. The number of carbonyl (C=O) groups is 1. The fourth-order valence-electron chi connectivity index (χ4n) is 2.46. The van der Waals surface area contributed by atoms with Crippen LogP contribution >= 0.6 is 0 Å². The molecule has 0 aliphatic heterocycles. The highest BCUT2D eigenvalue weighted by Gasteiger charge is 2.15. The van der Waals surface area contributed by atoms with Gasteiger partial charge in [0.2, 0.25) is 0 Å². The zero-order valence-electron chi connectivity index (χ0n) is 11.4. The first-order valence-corrected chi connectivity index (χ1v) is 6.21. The van der Waals surface area contributed by atoms with Gasteiger partial charge >= 0.3 is 0 Å².